The zero-order valence-corrected chi connectivity index (χ0v) is 13.6. The van der Waals surface area contributed by atoms with Gasteiger partial charge >= 0.3 is 6.61 Å². The maximum absolute atomic E-state index is 12.6. The van der Waals surface area contributed by atoms with Crippen LogP contribution in [0.1, 0.15) is 25.3 Å². The molecule has 6 heteroatoms. The largest absolute Gasteiger partial charge is 0.435 e. The number of ether oxygens (including phenoxy) is 1. The van der Waals surface area contributed by atoms with Crippen molar-refractivity contribution in [3.63, 3.8) is 0 Å². The first kappa shape index (κ1) is 15.7. The van der Waals surface area contributed by atoms with Gasteiger partial charge in [-0.05, 0) is 43.5 Å². The van der Waals surface area contributed by atoms with Gasteiger partial charge in [-0.1, -0.05) is 12.1 Å². The van der Waals surface area contributed by atoms with Crippen LogP contribution in [0, 0.1) is 0 Å². The van der Waals surface area contributed by atoms with Crippen LogP contribution in [0.15, 0.2) is 42.5 Å². The number of fused-ring (bicyclic) bond motifs is 1. The Morgan fingerprint density at radius 1 is 1.04 bits per heavy atom. The molecule has 1 saturated carbocycles. The van der Waals surface area contributed by atoms with E-state index in [1.807, 2.05) is 24.3 Å². The molecule has 0 amide bonds. The van der Waals surface area contributed by atoms with Gasteiger partial charge in [-0.3, -0.25) is 0 Å². The number of alkyl halides is 2. The molecule has 1 heterocycles. The zero-order valence-electron chi connectivity index (χ0n) is 13.6. The Bertz CT molecular complexity index is 915. The second-order valence-electron chi connectivity index (χ2n) is 6.40. The molecule has 0 saturated heterocycles. The second-order valence-corrected chi connectivity index (χ2v) is 6.40. The van der Waals surface area contributed by atoms with E-state index < -0.39 is 6.61 Å². The van der Waals surface area contributed by atoms with Crippen LogP contribution in [0.5, 0.6) is 5.75 Å². The van der Waals surface area contributed by atoms with E-state index in [-0.39, 0.29) is 5.75 Å². The number of nitrogen functional groups attached to an aromatic ring is 2. The van der Waals surface area contributed by atoms with Gasteiger partial charge in [0.05, 0.1) is 16.9 Å². The molecule has 0 atom stereocenters. The highest BCUT2D eigenvalue weighted by molar-refractivity contribution is 6.01. The van der Waals surface area contributed by atoms with Gasteiger partial charge in [-0.2, -0.15) is 8.78 Å². The molecule has 25 heavy (non-hydrogen) atoms. The van der Waals surface area contributed by atoms with Crippen LogP contribution < -0.4 is 16.2 Å². The van der Waals surface area contributed by atoms with Gasteiger partial charge in [-0.25, -0.2) is 0 Å². The van der Waals surface area contributed by atoms with Gasteiger partial charge in [0.25, 0.3) is 0 Å². The molecule has 4 nitrogen and oxygen atoms in total. The molecule has 0 bridgehead atoms. The monoisotopic (exact) mass is 343 g/mol. The molecule has 1 aliphatic carbocycles. The van der Waals surface area contributed by atoms with Crippen LogP contribution in [-0.2, 0) is 0 Å². The van der Waals surface area contributed by atoms with E-state index in [0.717, 1.165) is 41.4 Å². The molecule has 4 rings (SSSR count). The van der Waals surface area contributed by atoms with Crippen LogP contribution >= 0.6 is 0 Å². The molecule has 130 valence electrons. The molecule has 0 aliphatic heterocycles. The Balaban J connectivity index is 1.94. The Kier molecular flexibility index (Phi) is 3.75. The van der Waals surface area contributed by atoms with Crippen LogP contribution in [0.25, 0.3) is 22.2 Å². The minimum absolute atomic E-state index is 0.143. The normalized spacial score (nSPS) is 14.8. The van der Waals surface area contributed by atoms with Crippen molar-refractivity contribution < 1.29 is 13.5 Å². The molecule has 2 aromatic carbocycles. The lowest BCUT2D eigenvalue weighted by molar-refractivity contribution is -0.0497. The van der Waals surface area contributed by atoms with E-state index >= 15 is 0 Å². The smallest absolute Gasteiger partial charge is 0.387 e. The van der Waals surface area contributed by atoms with E-state index in [9.17, 15) is 8.78 Å². The summed E-state index contributed by atoms with van der Waals surface area (Å²) in [5, 5.41) is 0.848. The maximum Gasteiger partial charge on any atom is 0.387 e. The minimum atomic E-state index is -2.85. The first-order valence-electron chi connectivity index (χ1n) is 8.28. The number of rotatable bonds is 4. The summed E-state index contributed by atoms with van der Waals surface area (Å²) in [6, 6.07) is 12.8. The zero-order chi connectivity index (χ0) is 17.6. The Hall–Kier alpha value is -2.76. The highest BCUT2D eigenvalue weighted by Crippen LogP contribution is 2.44. The Morgan fingerprint density at radius 3 is 2.36 bits per heavy atom. The summed E-state index contributed by atoms with van der Waals surface area (Å²) in [6.07, 6.45) is 3.24. The molecule has 1 fully saturated rings. The molecular formula is C19H19F2N3O. The average molecular weight is 343 g/mol. The first-order valence-corrected chi connectivity index (χ1v) is 8.28. The number of hydrogen-bond acceptors (Lipinski definition) is 3. The van der Waals surface area contributed by atoms with Crippen molar-refractivity contribution in [1.29, 1.82) is 0 Å². The van der Waals surface area contributed by atoms with Crippen molar-refractivity contribution in [3.05, 3.63) is 42.5 Å². The highest BCUT2D eigenvalue weighted by Gasteiger charge is 2.27. The quantitative estimate of drug-likeness (QED) is 0.669. The van der Waals surface area contributed by atoms with Crippen LogP contribution in [0.4, 0.5) is 20.2 Å². The van der Waals surface area contributed by atoms with Crippen LogP contribution in [-0.4, -0.2) is 11.2 Å². The number of anilines is 2. The molecule has 4 N–H and O–H groups in total. The molecular weight excluding hydrogens is 324 g/mol. The summed E-state index contributed by atoms with van der Waals surface area (Å²) in [4.78, 5) is 0. The van der Waals surface area contributed by atoms with Crippen molar-refractivity contribution in [2.75, 3.05) is 11.5 Å². The van der Waals surface area contributed by atoms with Crippen molar-refractivity contribution in [2.45, 2.75) is 31.9 Å². The van der Waals surface area contributed by atoms with E-state index in [2.05, 4.69) is 9.30 Å². The lowest BCUT2D eigenvalue weighted by Gasteiger charge is -2.30. The van der Waals surface area contributed by atoms with Crippen molar-refractivity contribution >= 4 is 22.3 Å². The summed E-state index contributed by atoms with van der Waals surface area (Å²) in [5.41, 5.74) is 16.3. The number of hydrogen-bond donors (Lipinski definition) is 2. The predicted molar refractivity (Wildman–Crippen MR) is 95.7 cm³/mol. The Labute approximate surface area is 144 Å². The summed E-state index contributed by atoms with van der Waals surface area (Å²) in [5.74, 6) is 0.143. The van der Waals surface area contributed by atoms with Crippen LogP contribution in [0.2, 0.25) is 0 Å². The summed E-state index contributed by atoms with van der Waals surface area (Å²) in [6.45, 7) is -2.85. The van der Waals surface area contributed by atoms with E-state index in [1.165, 1.54) is 6.07 Å². The van der Waals surface area contributed by atoms with Gasteiger partial charge in [0.1, 0.15) is 5.75 Å². The topological polar surface area (TPSA) is 66.2 Å². The fraction of sp³-hybridized carbons (Fsp3) is 0.263. The maximum atomic E-state index is 12.6. The number of nitrogens with two attached hydrogens (primary N) is 2. The molecule has 3 aromatic rings. The number of aromatic nitrogens is 1. The summed E-state index contributed by atoms with van der Waals surface area (Å²) < 4.78 is 31.9. The van der Waals surface area contributed by atoms with Crippen LogP contribution in [0.3, 0.4) is 0 Å². The van der Waals surface area contributed by atoms with Gasteiger partial charge in [0, 0.05) is 28.7 Å². The summed E-state index contributed by atoms with van der Waals surface area (Å²) in [7, 11) is 0. The third kappa shape index (κ3) is 2.67. The third-order valence-corrected chi connectivity index (χ3v) is 4.86. The SMILES string of the molecule is Nc1ccc(-c2c(N)c3ccc(OC(F)F)cc3n2C2CCC2)cc1. The first-order chi connectivity index (χ1) is 12.0. The van der Waals surface area contributed by atoms with Crippen molar-refractivity contribution in [3.8, 4) is 17.0 Å². The lowest BCUT2D eigenvalue weighted by Crippen LogP contribution is -2.18. The molecule has 0 spiro atoms. The highest BCUT2D eigenvalue weighted by atomic mass is 19.3. The summed E-state index contributed by atoms with van der Waals surface area (Å²) >= 11 is 0. The standard InChI is InChI=1S/C19H19F2N3O/c20-19(21)25-14-8-9-15-16(10-14)24(13-2-1-3-13)18(17(15)23)11-4-6-12(22)7-5-11/h4-10,13,19H,1-3,22-23H2. The second kappa shape index (κ2) is 5.95. The van der Waals surface area contributed by atoms with E-state index in [4.69, 9.17) is 11.5 Å². The third-order valence-electron chi connectivity index (χ3n) is 4.86. The van der Waals surface area contributed by atoms with Gasteiger partial charge < -0.3 is 20.8 Å². The number of halogens is 2. The van der Waals surface area contributed by atoms with Gasteiger partial charge in [0.15, 0.2) is 0 Å². The van der Waals surface area contributed by atoms with E-state index in [0.29, 0.717) is 17.4 Å². The van der Waals surface area contributed by atoms with Gasteiger partial charge in [0.2, 0.25) is 0 Å². The molecule has 1 aromatic heterocycles. The molecule has 1 aliphatic rings. The van der Waals surface area contributed by atoms with Crippen molar-refractivity contribution in [1.82, 2.24) is 4.57 Å². The average Bonchev–Trinajstić information content (AvgIpc) is 2.79. The Morgan fingerprint density at radius 2 is 1.76 bits per heavy atom. The molecule has 0 unspecified atom stereocenters. The number of benzene rings is 2. The molecule has 0 radical (unpaired) electrons. The minimum Gasteiger partial charge on any atom is -0.435 e. The van der Waals surface area contributed by atoms with E-state index in [1.54, 1.807) is 12.1 Å². The fourth-order valence-electron chi connectivity index (χ4n) is 3.45. The fourth-order valence-corrected chi connectivity index (χ4v) is 3.45. The number of nitrogens with zero attached hydrogens (tertiary/aromatic N) is 1. The van der Waals surface area contributed by atoms with Gasteiger partial charge in [-0.15, -0.1) is 0 Å². The van der Waals surface area contributed by atoms with Crippen molar-refractivity contribution in [2.24, 2.45) is 0 Å². The lowest BCUT2D eigenvalue weighted by atomic mass is 9.92. The predicted octanol–water partition coefficient (Wildman–Crippen LogP) is 4.80.